The number of esters is 3. The summed E-state index contributed by atoms with van der Waals surface area (Å²) >= 11 is 0. The summed E-state index contributed by atoms with van der Waals surface area (Å²) in [5.41, 5.74) is -0.757. The maximum atomic E-state index is 13.2. The molecule has 0 N–H and O–H groups in total. The molecule has 0 amide bonds. The van der Waals surface area contributed by atoms with Crippen molar-refractivity contribution in [2.24, 2.45) is 29.1 Å². The molecule has 2 bridgehead atoms. The Morgan fingerprint density at radius 3 is 2.48 bits per heavy atom. The van der Waals surface area contributed by atoms with Crippen LogP contribution in [0.25, 0.3) is 0 Å². The van der Waals surface area contributed by atoms with E-state index in [1.54, 1.807) is 13.8 Å². The van der Waals surface area contributed by atoms with E-state index < -0.39 is 88.1 Å². The molecule has 3 fully saturated rings. The maximum Gasteiger partial charge on any atom is 0.334 e. The van der Waals surface area contributed by atoms with Crippen LogP contribution in [0, 0.1) is 29.1 Å². The predicted octanol–water partition coefficient (Wildman–Crippen LogP) is 1.60. The molecule has 0 aromatic carbocycles. The molecular weight excluding hydrogens is 442 g/mol. The number of alkyl halides is 2. The molecule has 1 aliphatic heterocycles. The minimum Gasteiger partial charge on any atom is -0.743 e. The molecule has 6 unspecified atom stereocenters. The van der Waals surface area contributed by atoms with E-state index in [2.05, 4.69) is 0 Å². The average molecular weight is 467 g/mol. The highest BCUT2D eigenvalue weighted by atomic mass is 32.2. The molecule has 3 aliphatic rings. The lowest BCUT2D eigenvalue weighted by Crippen LogP contribution is -2.45. The molecule has 0 aromatic heterocycles. The molecule has 0 aromatic rings. The van der Waals surface area contributed by atoms with Gasteiger partial charge in [0.2, 0.25) is 0 Å². The van der Waals surface area contributed by atoms with Crippen LogP contribution in [0.2, 0.25) is 0 Å². The van der Waals surface area contributed by atoms with Crippen LogP contribution in [0.4, 0.5) is 8.78 Å². The van der Waals surface area contributed by atoms with E-state index in [4.69, 9.17) is 14.2 Å². The van der Waals surface area contributed by atoms with Crippen molar-refractivity contribution in [2.75, 3.05) is 6.61 Å². The van der Waals surface area contributed by atoms with Gasteiger partial charge in [-0.15, -0.1) is 0 Å². The molecule has 0 radical (unpaired) electrons. The summed E-state index contributed by atoms with van der Waals surface area (Å²) in [5, 5.41) is -4.46. The fourth-order valence-corrected chi connectivity index (χ4v) is 4.96. The SMILES string of the molecule is CCC(C)(C)C(=O)OC1C2CC3C1OC(=O)C3C2C(=O)OCCCC(F)(F)S(=O)(=O)[O-]. The fourth-order valence-electron chi connectivity index (χ4n) is 4.57. The van der Waals surface area contributed by atoms with Crippen LogP contribution in [0.15, 0.2) is 0 Å². The van der Waals surface area contributed by atoms with E-state index in [0.29, 0.717) is 12.8 Å². The van der Waals surface area contributed by atoms with Gasteiger partial charge in [-0.05, 0) is 33.1 Å². The molecule has 2 saturated carbocycles. The van der Waals surface area contributed by atoms with Crippen LogP contribution < -0.4 is 0 Å². The second kappa shape index (κ2) is 7.95. The highest BCUT2D eigenvalue weighted by molar-refractivity contribution is 7.86. The molecule has 1 heterocycles. The van der Waals surface area contributed by atoms with Crippen molar-refractivity contribution in [3.8, 4) is 0 Å². The third-order valence-electron chi connectivity index (χ3n) is 6.72. The lowest BCUT2D eigenvalue weighted by molar-refractivity contribution is -0.173. The first kappa shape index (κ1) is 23.8. The van der Waals surface area contributed by atoms with Crippen LogP contribution in [-0.4, -0.2) is 54.9 Å². The van der Waals surface area contributed by atoms with Crippen LogP contribution in [0.3, 0.4) is 0 Å². The summed E-state index contributed by atoms with van der Waals surface area (Å²) in [4.78, 5) is 37.5. The van der Waals surface area contributed by atoms with Gasteiger partial charge in [0, 0.05) is 18.3 Å². The van der Waals surface area contributed by atoms with E-state index in [1.807, 2.05) is 6.92 Å². The second-order valence-corrected chi connectivity index (χ2v) is 10.5. The summed E-state index contributed by atoms with van der Waals surface area (Å²) in [6.45, 7) is 4.72. The second-order valence-electron chi connectivity index (χ2n) is 8.99. The average Bonchev–Trinajstić information content (AvgIpc) is 3.27. The Kier molecular flexibility index (Phi) is 6.11. The maximum absolute atomic E-state index is 13.2. The smallest absolute Gasteiger partial charge is 0.334 e. The van der Waals surface area contributed by atoms with Crippen molar-refractivity contribution >= 4 is 28.0 Å². The normalized spacial score (nSPS) is 32.1. The van der Waals surface area contributed by atoms with Gasteiger partial charge in [-0.3, -0.25) is 14.4 Å². The van der Waals surface area contributed by atoms with Crippen LogP contribution in [0.5, 0.6) is 0 Å². The topological polar surface area (TPSA) is 136 Å². The molecule has 176 valence electrons. The van der Waals surface area contributed by atoms with Crippen LogP contribution >= 0.6 is 0 Å². The summed E-state index contributed by atoms with van der Waals surface area (Å²) in [5.74, 6) is -4.37. The van der Waals surface area contributed by atoms with Gasteiger partial charge in [0.05, 0.1) is 23.9 Å². The van der Waals surface area contributed by atoms with Crippen molar-refractivity contribution in [1.29, 1.82) is 0 Å². The molecule has 9 nitrogen and oxygen atoms in total. The van der Waals surface area contributed by atoms with Gasteiger partial charge in [0.15, 0.2) is 10.1 Å². The first-order valence-electron chi connectivity index (χ1n) is 10.1. The predicted molar refractivity (Wildman–Crippen MR) is 97.2 cm³/mol. The van der Waals surface area contributed by atoms with Gasteiger partial charge in [-0.25, -0.2) is 8.42 Å². The third-order valence-corrected chi connectivity index (χ3v) is 7.66. The van der Waals surface area contributed by atoms with Crippen molar-refractivity contribution < 1.29 is 50.3 Å². The summed E-state index contributed by atoms with van der Waals surface area (Å²) < 4.78 is 73.9. The Morgan fingerprint density at radius 2 is 1.90 bits per heavy atom. The largest absolute Gasteiger partial charge is 0.743 e. The number of halogens is 2. The molecule has 3 rings (SSSR count). The van der Waals surface area contributed by atoms with E-state index >= 15 is 0 Å². The number of hydrogen-bond acceptors (Lipinski definition) is 9. The van der Waals surface area contributed by atoms with Crippen molar-refractivity contribution in [3.05, 3.63) is 0 Å². The van der Waals surface area contributed by atoms with Gasteiger partial charge in [-0.2, -0.15) is 8.78 Å². The van der Waals surface area contributed by atoms with Crippen LogP contribution in [0.1, 0.15) is 46.5 Å². The molecule has 6 atom stereocenters. The van der Waals surface area contributed by atoms with Gasteiger partial charge < -0.3 is 18.8 Å². The first-order valence-corrected chi connectivity index (χ1v) is 11.5. The molecule has 1 saturated heterocycles. The minimum absolute atomic E-state index is 0.299. The Hall–Kier alpha value is -1.82. The third kappa shape index (κ3) is 4.15. The number of fused-ring (bicyclic) bond motifs is 1. The quantitative estimate of drug-likeness (QED) is 0.214. The van der Waals surface area contributed by atoms with Gasteiger partial charge in [0.25, 0.3) is 0 Å². The molecule has 12 heteroatoms. The Balaban J connectivity index is 1.64. The zero-order valence-electron chi connectivity index (χ0n) is 17.3. The zero-order chi connectivity index (χ0) is 23.4. The number of hydrogen-bond donors (Lipinski definition) is 0. The van der Waals surface area contributed by atoms with Gasteiger partial charge in [-0.1, -0.05) is 6.92 Å². The van der Waals surface area contributed by atoms with E-state index in [-0.39, 0.29) is 5.92 Å². The monoisotopic (exact) mass is 467 g/mol. The Bertz CT molecular complexity index is 870. The highest BCUT2D eigenvalue weighted by Crippen LogP contribution is 2.59. The lowest BCUT2D eigenvalue weighted by Gasteiger charge is -2.32. The van der Waals surface area contributed by atoms with Crippen molar-refractivity contribution in [3.63, 3.8) is 0 Å². The van der Waals surface area contributed by atoms with E-state index in [0.717, 1.165) is 0 Å². The van der Waals surface area contributed by atoms with Gasteiger partial charge in [0.1, 0.15) is 12.2 Å². The van der Waals surface area contributed by atoms with Gasteiger partial charge >= 0.3 is 23.2 Å². The van der Waals surface area contributed by atoms with Crippen molar-refractivity contribution in [1.82, 2.24) is 0 Å². The number of ether oxygens (including phenoxy) is 3. The first-order chi connectivity index (χ1) is 14.2. The Morgan fingerprint density at radius 1 is 1.26 bits per heavy atom. The van der Waals surface area contributed by atoms with E-state index in [9.17, 15) is 36.1 Å². The molecule has 2 aliphatic carbocycles. The Labute approximate surface area is 178 Å². The number of carbonyl (C=O) groups is 3. The summed E-state index contributed by atoms with van der Waals surface area (Å²) in [7, 11) is -5.81. The summed E-state index contributed by atoms with van der Waals surface area (Å²) in [6, 6.07) is 0. The van der Waals surface area contributed by atoms with Crippen LogP contribution in [-0.2, 0) is 38.7 Å². The fraction of sp³-hybridized carbons (Fsp3) is 0.842. The lowest BCUT2D eigenvalue weighted by atomic mass is 9.78. The zero-order valence-corrected chi connectivity index (χ0v) is 18.2. The number of rotatable bonds is 9. The molecule has 31 heavy (non-hydrogen) atoms. The van der Waals surface area contributed by atoms with E-state index in [1.165, 1.54) is 0 Å². The summed E-state index contributed by atoms with van der Waals surface area (Å²) in [6.07, 6.45) is -2.31. The highest BCUT2D eigenvalue weighted by Gasteiger charge is 2.70. The number of carbonyl (C=O) groups excluding carboxylic acids is 3. The van der Waals surface area contributed by atoms with Crippen molar-refractivity contribution in [2.45, 2.75) is 63.9 Å². The minimum atomic E-state index is -5.81. The molecule has 0 spiro atoms. The standard InChI is InChI=1S/C19H26F2O9S/c1-4-18(2,3)17(24)30-14-9-8-10-12(16(23)29-13(10)14)11(9)15(22)28-7-5-6-19(20,21)31(25,26)27/h9-14H,4-8H2,1-3H3,(H,25,26,27)/p-1. The molecular formula is C19H25F2O9S-.